The van der Waals surface area contributed by atoms with Gasteiger partial charge in [0, 0.05) is 40.6 Å². The van der Waals surface area contributed by atoms with Crippen LogP contribution in [0.15, 0.2) is 106 Å². The van der Waals surface area contributed by atoms with Gasteiger partial charge < -0.3 is 5.32 Å². The van der Waals surface area contributed by atoms with Crippen LogP contribution in [0.1, 0.15) is 18.1 Å². The monoisotopic (exact) mass is 852 g/mol. The number of nitrogens with zero attached hydrogens (tertiary/aromatic N) is 1. The standard InChI is InChI=1S/C19H16Cl2N2O3S2.C16H12Cl2N2O2S2/c1-11-9-14(20)10-16(21)19(11)28(25,26)23-17-7-8-27-18(17)13-3-5-15(6-4-13)22-12(2)24;1-10-7-12(17)8-13(18)16(10)24(21,22)20-14-4-6-23-15(14)11-3-2-5-19-9-11/h3-10,23H,1-2H3,(H,22,24);2-9,20H,1H3. The van der Waals surface area contributed by atoms with E-state index in [1.165, 1.54) is 41.7 Å². The maximum atomic E-state index is 12.9. The molecule has 6 rings (SSSR count). The average molecular weight is 855 g/mol. The van der Waals surface area contributed by atoms with E-state index in [-0.39, 0.29) is 25.7 Å². The van der Waals surface area contributed by atoms with Gasteiger partial charge in [-0.25, -0.2) is 16.8 Å². The number of rotatable bonds is 9. The van der Waals surface area contributed by atoms with Crippen molar-refractivity contribution in [2.24, 2.45) is 0 Å². The van der Waals surface area contributed by atoms with Crippen LogP contribution in [0, 0.1) is 13.8 Å². The molecule has 1 amide bonds. The summed E-state index contributed by atoms with van der Waals surface area (Å²) < 4.78 is 56.7. The minimum Gasteiger partial charge on any atom is -0.326 e. The van der Waals surface area contributed by atoms with E-state index < -0.39 is 20.0 Å². The molecule has 0 unspecified atom stereocenters. The summed E-state index contributed by atoms with van der Waals surface area (Å²) in [6.45, 7) is 4.73. The largest absolute Gasteiger partial charge is 0.326 e. The summed E-state index contributed by atoms with van der Waals surface area (Å²) in [5, 5.41) is 7.23. The molecule has 0 saturated heterocycles. The fraction of sp³-hybridized carbons (Fsp3) is 0.0857. The van der Waals surface area contributed by atoms with Gasteiger partial charge in [-0.2, -0.15) is 0 Å². The molecule has 0 radical (unpaired) electrons. The van der Waals surface area contributed by atoms with E-state index in [0.717, 1.165) is 20.9 Å². The third kappa shape index (κ3) is 9.46. The summed E-state index contributed by atoms with van der Waals surface area (Å²) in [6, 6.07) is 20.2. The number of amides is 1. The number of carbonyl (C=O) groups is 1. The van der Waals surface area contributed by atoms with Crippen LogP contribution in [0.2, 0.25) is 20.1 Å². The minimum absolute atomic E-state index is 0.00303. The highest BCUT2D eigenvalue weighted by molar-refractivity contribution is 7.93. The number of anilines is 3. The van der Waals surface area contributed by atoms with Gasteiger partial charge >= 0.3 is 0 Å². The van der Waals surface area contributed by atoms with E-state index >= 15 is 0 Å². The highest BCUT2D eigenvalue weighted by Crippen LogP contribution is 2.38. The zero-order chi connectivity index (χ0) is 37.8. The molecule has 0 aliphatic carbocycles. The van der Waals surface area contributed by atoms with Crippen LogP contribution in [-0.2, 0) is 24.8 Å². The molecule has 3 N–H and O–H groups in total. The molecule has 0 fully saturated rings. The molecule has 0 spiro atoms. The van der Waals surface area contributed by atoms with Gasteiger partial charge in [-0.3, -0.25) is 19.2 Å². The van der Waals surface area contributed by atoms with Gasteiger partial charge in [-0.05, 0) is 95.9 Å². The normalized spacial score (nSPS) is 11.4. The Bertz CT molecular complexity index is 2430. The molecule has 9 nitrogen and oxygen atoms in total. The SMILES string of the molecule is CC(=O)Nc1ccc(-c2sccc2NS(=O)(=O)c2c(C)cc(Cl)cc2Cl)cc1.Cc1cc(Cl)cc(Cl)c1S(=O)(=O)Nc1ccsc1-c1cccnc1. The van der Waals surface area contributed by atoms with E-state index in [4.69, 9.17) is 46.4 Å². The number of halogens is 4. The highest BCUT2D eigenvalue weighted by Gasteiger charge is 2.25. The molecule has 6 aromatic rings. The van der Waals surface area contributed by atoms with Crippen molar-refractivity contribution in [3.63, 3.8) is 0 Å². The molecule has 3 aromatic heterocycles. The van der Waals surface area contributed by atoms with Gasteiger partial charge in [0.25, 0.3) is 20.0 Å². The van der Waals surface area contributed by atoms with E-state index in [0.29, 0.717) is 38.2 Å². The predicted molar refractivity (Wildman–Crippen MR) is 216 cm³/mol. The first-order chi connectivity index (χ1) is 24.6. The fourth-order valence-corrected chi connectivity index (χ4v) is 11.4. The molecule has 3 aromatic carbocycles. The lowest BCUT2D eigenvalue weighted by Crippen LogP contribution is -2.15. The maximum absolute atomic E-state index is 12.9. The number of nitrogens with one attached hydrogen (secondary N) is 3. The van der Waals surface area contributed by atoms with Crippen molar-refractivity contribution in [2.45, 2.75) is 30.6 Å². The molecular formula is C35H28Cl4N4O5S4. The Morgan fingerprint density at radius 2 is 1.15 bits per heavy atom. The third-order valence-corrected chi connectivity index (χ3v) is 13.5. The Morgan fingerprint density at radius 3 is 1.58 bits per heavy atom. The van der Waals surface area contributed by atoms with Gasteiger partial charge in [0.1, 0.15) is 9.79 Å². The number of aromatic nitrogens is 1. The zero-order valence-corrected chi connectivity index (χ0v) is 33.7. The Morgan fingerprint density at radius 1 is 0.673 bits per heavy atom. The molecule has 0 saturated carbocycles. The summed E-state index contributed by atoms with van der Waals surface area (Å²) >= 11 is 26.9. The first kappa shape index (κ1) is 39.5. The van der Waals surface area contributed by atoms with Crippen molar-refractivity contribution in [1.29, 1.82) is 0 Å². The molecule has 0 bridgehead atoms. The first-order valence-electron chi connectivity index (χ1n) is 15.0. The maximum Gasteiger partial charge on any atom is 0.263 e. The minimum atomic E-state index is -3.91. The van der Waals surface area contributed by atoms with E-state index in [1.807, 2.05) is 23.6 Å². The van der Waals surface area contributed by atoms with Crippen LogP contribution in [0.4, 0.5) is 17.1 Å². The number of benzene rings is 3. The second-order valence-electron chi connectivity index (χ2n) is 11.1. The number of aryl methyl sites for hydroxylation is 2. The number of hydrogen-bond acceptors (Lipinski definition) is 8. The lowest BCUT2D eigenvalue weighted by atomic mass is 10.1. The second kappa shape index (κ2) is 16.6. The first-order valence-corrected chi connectivity index (χ1v) is 21.2. The van der Waals surface area contributed by atoms with Gasteiger partial charge in [-0.1, -0.05) is 64.6 Å². The predicted octanol–water partition coefficient (Wildman–Crippen LogP) is 11.0. The molecule has 0 aliphatic heterocycles. The number of hydrogen-bond donors (Lipinski definition) is 3. The number of carbonyl (C=O) groups excluding carboxylic acids is 1. The molecule has 17 heteroatoms. The summed E-state index contributed by atoms with van der Waals surface area (Å²) in [5.74, 6) is -0.160. The van der Waals surface area contributed by atoms with E-state index in [1.54, 1.807) is 74.1 Å². The average Bonchev–Trinajstić information content (AvgIpc) is 3.69. The van der Waals surface area contributed by atoms with Gasteiger partial charge in [0.15, 0.2) is 0 Å². The molecular weight excluding hydrogens is 826 g/mol. The lowest BCUT2D eigenvalue weighted by Gasteiger charge is -2.13. The smallest absolute Gasteiger partial charge is 0.263 e. The summed E-state index contributed by atoms with van der Waals surface area (Å²) in [6.07, 6.45) is 3.35. The molecule has 0 atom stereocenters. The quantitative estimate of drug-likeness (QED) is 0.133. The topological polar surface area (TPSA) is 134 Å². The van der Waals surface area contributed by atoms with Crippen molar-refractivity contribution < 1.29 is 21.6 Å². The van der Waals surface area contributed by atoms with Crippen LogP contribution >= 0.6 is 69.1 Å². The highest BCUT2D eigenvalue weighted by atomic mass is 35.5. The number of pyridine rings is 1. The van der Waals surface area contributed by atoms with Crippen LogP contribution in [0.25, 0.3) is 20.9 Å². The van der Waals surface area contributed by atoms with Crippen molar-refractivity contribution in [3.8, 4) is 20.9 Å². The van der Waals surface area contributed by atoms with Crippen LogP contribution < -0.4 is 14.8 Å². The van der Waals surface area contributed by atoms with E-state index in [9.17, 15) is 21.6 Å². The molecule has 52 heavy (non-hydrogen) atoms. The van der Waals surface area contributed by atoms with Crippen LogP contribution in [0.5, 0.6) is 0 Å². The van der Waals surface area contributed by atoms with Crippen molar-refractivity contribution in [3.05, 3.63) is 127 Å². The summed E-state index contributed by atoms with van der Waals surface area (Å²) in [5.41, 5.74) is 4.20. The summed E-state index contributed by atoms with van der Waals surface area (Å²) in [7, 11) is -7.75. The lowest BCUT2D eigenvalue weighted by molar-refractivity contribution is -0.114. The van der Waals surface area contributed by atoms with Gasteiger partial charge in [0.05, 0.1) is 31.2 Å². The van der Waals surface area contributed by atoms with Gasteiger partial charge in [0.2, 0.25) is 5.91 Å². The van der Waals surface area contributed by atoms with Crippen LogP contribution in [-0.4, -0.2) is 27.7 Å². The number of thiophene rings is 2. The molecule has 0 aliphatic rings. The fourth-order valence-electron chi connectivity index (χ4n) is 5.08. The zero-order valence-electron chi connectivity index (χ0n) is 27.4. The molecule has 270 valence electrons. The Labute approximate surface area is 329 Å². The Balaban J connectivity index is 0.000000203. The Kier molecular flexibility index (Phi) is 12.6. The Hall–Kier alpha value is -3.66. The second-order valence-corrected chi connectivity index (χ2v) is 17.9. The van der Waals surface area contributed by atoms with Crippen molar-refractivity contribution in [1.82, 2.24) is 4.98 Å². The molecule has 3 heterocycles. The van der Waals surface area contributed by atoms with E-state index in [2.05, 4.69) is 19.7 Å². The van der Waals surface area contributed by atoms with Crippen molar-refractivity contribution in [2.75, 3.05) is 14.8 Å². The summed E-state index contributed by atoms with van der Waals surface area (Å²) in [4.78, 5) is 16.8. The van der Waals surface area contributed by atoms with Gasteiger partial charge in [-0.15, -0.1) is 22.7 Å². The number of sulfonamides is 2. The third-order valence-electron chi connectivity index (χ3n) is 7.14. The van der Waals surface area contributed by atoms with Crippen LogP contribution in [0.3, 0.4) is 0 Å². The van der Waals surface area contributed by atoms with Crippen molar-refractivity contribution >= 4 is 112 Å².